The summed E-state index contributed by atoms with van der Waals surface area (Å²) in [4.78, 5) is 26.2. The summed E-state index contributed by atoms with van der Waals surface area (Å²) >= 11 is 6.06. The van der Waals surface area contributed by atoms with Gasteiger partial charge in [0.2, 0.25) is 0 Å². The van der Waals surface area contributed by atoms with Crippen molar-refractivity contribution >= 4 is 29.1 Å². The molecule has 0 bridgehead atoms. The SMILES string of the molecule is Cc1nonc1COc1cc(N2C(=O)C3=C(CCCC3)C2=O)c(F)cc1Cl. The number of carbonyl (C=O) groups excluding carboxylic acids is 2. The summed E-state index contributed by atoms with van der Waals surface area (Å²) in [6.45, 7) is 1.70. The first-order chi connectivity index (χ1) is 13.0. The Morgan fingerprint density at radius 3 is 2.44 bits per heavy atom. The maximum atomic E-state index is 14.5. The fourth-order valence-electron chi connectivity index (χ4n) is 3.29. The van der Waals surface area contributed by atoms with Gasteiger partial charge in [0.1, 0.15) is 29.6 Å². The van der Waals surface area contributed by atoms with Gasteiger partial charge in [0.05, 0.1) is 10.7 Å². The van der Waals surface area contributed by atoms with Crippen molar-refractivity contribution in [2.75, 3.05) is 4.90 Å². The quantitative estimate of drug-likeness (QED) is 0.741. The highest BCUT2D eigenvalue weighted by molar-refractivity contribution is 6.34. The van der Waals surface area contributed by atoms with E-state index in [4.69, 9.17) is 16.3 Å². The maximum Gasteiger partial charge on any atom is 0.261 e. The number of nitrogens with zero attached hydrogens (tertiary/aromatic N) is 3. The van der Waals surface area contributed by atoms with Gasteiger partial charge < -0.3 is 4.74 Å². The van der Waals surface area contributed by atoms with E-state index in [1.54, 1.807) is 6.92 Å². The smallest absolute Gasteiger partial charge is 0.261 e. The minimum Gasteiger partial charge on any atom is -0.485 e. The van der Waals surface area contributed by atoms with E-state index in [1.165, 1.54) is 6.07 Å². The van der Waals surface area contributed by atoms with Gasteiger partial charge in [-0.3, -0.25) is 9.59 Å². The van der Waals surface area contributed by atoms with Crippen LogP contribution < -0.4 is 9.64 Å². The van der Waals surface area contributed by atoms with E-state index in [2.05, 4.69) is 14.9 Å². The molecule has 0 saturated carbocycles. The minimum atomic E-state index is -0.770. The molecule has 0 fully saturated rings. The molecular formula is C18H15ClFN3O4. The Morgan fingerprint density at radius 2 is 1.85 bits per heavy atom. The molecule has 0 N–H and O–H groups in total. The lowest BCUT2D eigenvalue weighted by Crippen LogP contribution is -2.32. The zero-order valence-corrected chi connectivity index (χ0v) is 15.2. The van der Waals surface area contributed by atoms with Crippen molar-refractivity contribution in [1.29, 1.82) is 0 Å². The van der Waals surface area contributed by atoms with Gasteiger partial charge in [-0.25, -0.2) is 13.9 Å². The molecule has 1 aromatic carbocycles. The number of carbonyl (C=O) groups is 2. The van der Waals surface area contributed by atoms with Crippen LogP contribution in [0.25, 0.3) is 0 Å². The van der Waals surface area contributed by atoms with Gasteiger partial charge in [0.25, 0.3) is 11.8 Å². The molecule has 2 aliphatic rings. The molecule has 1 aliphatic carbocycles. The van der Waals surface area contributed by atoms with E-state index >= 15 is 0 Å². The Balaban J connectivity index is 1.64. The fraction of sp³-hybridized carbons (Fsp3) is 0.333. The van der Waals surface area contributed by atoms with Gasteiger partial charge in [0, 0.05) is 17.2 Å². The van der Waals surface area contributed by atoms with E-state index in [0.717, 1.165) is 23.8 Å². The van der Waals surface area contributed by atoms with E-state index in [1.807, 2.05) is 0 Å². The van der Waals surface area contributed by atoms with Crippen LogP contribution in [0.5, 0.6) is 5.75 Å². The molecule has 1 aromatic heterocycles. The van der Waals surface area contributed by atoms with Gasteiger partial charge in [0.15, 0.2) is 0 Å². The number of amides is 2. The molecule has 2 heterocycles. The minimum absolute atomic E-state index is 0.00321. The Hall–Kier alpha value is -2.74. The molecule has 0 radical (unpaired) electrons. The molecule has 2 amide bonds. The molecule has 0 saturated heterocycles. The van der Waals surface area contributed by atoms with Gasteiger partial charge in [-0.15, -0.1) is 0 Å². The average molecular weight is 392 g/mol. The second-order valence-electron chi connectivity index (χ2n) is 6.43. The van der Waals surface area contributed by atoms with Crippen LogP contribution >= 0.6 is 11.6 Å². The van der Waals surface area contributed by atoms with Crippen LogP contribution in [0.2, 0.25) is 5.02 Å². The van der Waals surface area contributed by atoms with Crippen LogP contribution in [0.15, 0.2) is 27.9 Å². The van der Waals surface area contributed by atoms with Crippen LogP contribution in [0.4, 0.5) is 10.1 Å². The monoisotopic (exact) mass is 391 g/mol. The third-order valence-electron chi connectivity index (χ3n) is 4.74. The number of halogens is 2. The molecule has 2 aromatic rings. The summed E-state index contributed by atoms with van der Waals surface area (Å²) in [5.41, 5.74) is 1.80. The predicted molar refractivity (Wildman–Crippen MR) is 92.8 cm³/mol. The highest BCUT2D eigenvalue weighted by atomic mass is 35.5. The number of imide groups is 1. The van der Waals surface area contributed by atoms with Crippen molar-refractivity contribution in [3.8, 4) is 5.75 Å². The Labute approximate surface area is 158 Å². The molecule has 0 atom stereocenters. The molecule has 0 unspecified atom stereocenters. The molecule has 9 heteroatoms. The van der Waals surface area contributed by atoms with Gasteiger partial charge in [-0.2, -0.15) is 0 Å². The van der Waals surface area contributed by atoms with E-state index in [9.17, 15) is 14.0 Å². The number of aryl methyl sites for hydroxylation is 1. The molecular weight excluding hydrogens is 377 g/mol. The Kier molecular flexibility index (Phi) is 4.43. The van der Waals surface area contributed by atoms with E-state index in [-0.39, 0.29) is 23.1 Å². The number of rotatable bonds is 4. The van der Waals surface area contributed by atoms with Crippen molar-refractivity contribution in [1.82, 2.24) is 10.3 Å². The van der Waals surface area contributed by atoms with Crippen molar-refractivity contribution in [2.24, 2.45) is 0 Å². The third kappa shape index (κ3) is 2.99. The van der Waals surface area contributed by atoms with Crippen molar-refractivity contribution in [2.45, 2.75) is 39.2 Å². The number of benzene rings is 1. The lowest BCUT2D eigenvalue weighted by atomic mass is 9.93. The molecule has 7 nitrogen and oxygen atoms in total. The number of anilines is 1. The van der Waals surface area contributed by atoms with Crippen molar-refractivity contribution in [3.05, 3.63) is 45.5 Å². The highest BCUT2D eigenvalue weighted by Gasteiger charge is 2.41. The molecule has 140 valence electrons. The summed E-state index contributed by atoms with van der Waals surface area (Å²) in [7, 11) is 0. The fourth-order valence-corrected chi connectivity index (χ4v) is 3.49. The number of hydrogen-bond donors (Lipinski definition) is 0. The van der Waals surface area contributed by atoms with Gasteiger partial charge >= 0.3 is 0 Å². The first-order valence-corrected chi connectivity index (χ1v) is 8.86. The standard InChI is InChI=1S/C18H15ClFN3O4/c1-9-14(22-27-21-9)8-26-16-7-15(13(20)6-12(16)19)23-17(24)10-4-2-3-5-11(10)18(23)25/h6-7H,2-5,8H2,1H3. The highest BCUT2D eigenvalue weighted by Crippen LogP contribution is 2.39. The van der Waals surface area contributed by atoms with Crippen LogP contribution in [0.1, 0.15) is 37.1 Å². The van der Waals surface area contributed by atoms with Crippen LogP contribution in [-0.2, 0) is 16.2 Å². The number of aromatic nitrogens is 2. The molecule has 1 aliphatic heterocycles. The predicted octanol–water partition coefficient (Wildman–Crippen LogP) is 3.49. The topological polar surface area (TPSA) is 85.5 Å². The summed E-state index contributed by atoms with van der Waals surface area (Å²) in [6.07, 6.45) is 2.75. The third-order valence-corrected chi connectivity index (χ3v) is 5.04. The Bertz CT molecular complexity index is 957. The number of ether oxygens (including phenoxy) is 1. The Morgan fingerprint density at radius 1 is 1.19 bits per heavy atom. The van der Waals surface area contributed by atoms with Gasteiger partial charge in [-0.05, 0) is 38.7 Å². The van der Waals surface area contributed by atoms with Crippen LogP contribution in [-0.4, -0.2) is 22.1 Å². The molecule has 27 heavy (non-hydrogen) atoms. The zero-order valence-electron chi connectivity index (χ0n) is 14.4. The second kappa shape index (κ2) is 6.77. The molecule has 4 rings (SSSR count). The second-order valence-corrected chi connectivity index (χ2v) is 6.84. The summed E-state index contributed by atoms with van der Waals surface area (Å²) < 4.78 is 24.7. The van der Waals surface area contributed by atoms with E-state index < -0.39 is 17.6 Å². The summed E-state index contributed by atoms with van der Waals surface area (Å²) in [5, 5.41) is 7.36. The van der Waals surface area contributed by atoms with E-state index in [0.29, 0.717) is 35.4 Å². The van der Waals surface area contributed by atoms with Crippen molar-refractivity contribution < 1.29 is 23.3 Å². The van der Waals surface area contributed by atoms with Crippen LogP contribution in [0, 0.1) is 12.7 Å². The zero-order chi connectivity index (χ0) is 19.1. The average Bonchev–Trinajstić information content (AvgIpc) is 3.17. The normalized spacial score (nSPS) is 16.9. The van der Waals surface area contributed by atoms with Crippen molar-refractivity contribution in [3.63, 3.8) is 0 Å². The molecule has 0 spiro atoms. The lowest BCUT2D eigenvalue weighted by molar-refractivity contribution is -0.120. The van der Waals surface area contributed by atoms with Gasteiger partial charge in [-0.1, -0.05) is 21.9 Å². The number of hydrogen-bond acceptors (Lipinski definition) is 6. The summed E-state index contributed by atoms with van der Waals surface area (Å²) in [5.74, 6) is -1.59. The first kappa shape index (κ1) is 17.7. The maximum absolute atomic E-state index is 14.5. The summed E-state index contributed by atoms with van der Waals surface area (Å²) in [6, 6.07) is 2.28. The first-order valence-electron chi connectivity index (χ1n) is 8.48. The lowest BCUT2D eigenvalue weighted by Gasteiger charge is -2.18. The van der Waals surface area contributed by atoms with Crippen LogP contribution in [0.3, 0.4) is 0 Å². The largest absolute Gasteiger partial charge is 0.485 e.